The van der Waals surface area contributed by atoms with E-state index in [9.17, 15) is 4.79 Å². The molecule has 34 heavy (non-hydrogen) atoms. The quantitative estimate of drug-likeness (QED) is 0.569. The molecule has 8 nitrogen and oxygen atoms in total. The van der Waals surface area contributed by atoms with Crippen molar-refractivity contribution in [3.63, 3.8) is 0 Å². The fraction of sp³-hybridized carbons (Fsp3) is 0.385. The number of hydrogen-bond donors (Lipinski definition) is 1. The van der Waals surface area contributed by atoms with Gasteiger partial charge in [0.15, 0.2) is 11.5 Å². The number of amides is 1. The molecule has 2 aromatic heterocycles. The molecule has 0 saturated carbocycles. The van der Waals surface area contributed by atoms with Crippen LogP contribution in [-0.2, 0) is 12.0 Å². The molecule has 1 aliphatic rings. The molecule has 4 rings (SSSR count). The van der Waals surface area contributed by atoms with Crippen LogP contribution in [0.3, 0.4) is 0 Å². The van der Waals surface area contributed by atoms with Gasteiger partial charge in [-0.1, -0.05) is 13.0 Å². The van der Waals surface area contributed by atoms with Gasteiger partial charge in [-0.05, 0) is 50.1 Å². The van der Waals surface area contributed by atoms with Crippen molar-refractivity contribution in [2.75, 3.05) is 32.6 Å². The first-order chi connectivity index (χ1) is 16.4. The molecule has 3 heterocycles. The molecule has 1 saturated heterocycles. The van der Waals surface area contributed by atoms with Gasteiger partial charge in [0.25, 0.3) is 5.91 Å². The SMILES string of the molecule is CNc1cc([C@]2(C)CCCN(C(=O)c3ccc(OC)c(OCc4ccccn4)c3)C2)nc(C)n1. The summed E-state index contributed by atoms with van der Waals surface area (Å²) >= 11 is 0. The van der Waals surface area contributed by atoms with Gasteiger partial charge >= 0.3 is 0 Å². The zero-order valence-electron chi connectivity index (χ0n) is 20.2. The van der Waals surface area contributed by atoms with Gasteiger partial charge in [0.05, 0.1) is 18.5 Å². The van der Waals surface area contributed by atoms with Crippen LogP contribution in [0.1, 0.15) is 47.3 Å². The van der Waals surface area contributed by atoms with E-state index in [0.29, 0.717) is 30.2 Å². The first kappa shape index (κ1) is 23.5. The molecule has 3 aromatic rings. The summed E-state index contributed by atoms with van der Waals surface area (Å²) in [7, 11) is 3.44. The highest BCUT2D eigenvalue weighted by Crippen LogP contribution is 2.35. The number of carbonyl (C=O) groups is 1. The topological polar surface area (TPSA) is 89.5 Å². The number of nitrogens with one attached hydrogen (secondary N) is 1. The summed E-state index contributed by atoms with van der Waals surface area (Å²) in [4.78, 5) is 28.8. The number of carbonyl (C=O) groups excluding carboxylic acids is 1. The second-order valence-corrected chi connectivity index (χ2v) is 8.80. The lowest BCUT2D eigenvalue weighted by atomic mass is 9.78. The maximum Gasteiger partial charge on any atom is 0.254 e. The lowest BCUT2D eigenvalue weighted by Gasteiger charge is -2.40. The average molecular weight is 462 g/mol. The third-order valence-corrected chi connectivity index (χ3v) is 6.21. The average Bonchev–Trinajstić information content (AvgIpc) is 2.87. The lowest BCUT2D eigenvalue weighted by Crippen LogP contribution is -2.47. The number of nitrogens with zero attached hydrogens (tertiary/aromatic N) is 4. The number of benzene rings is 1. The summed E-state index contributed by atoms with van der Waals surface area (Å²) in [6.45, 7) is 5.64. The zero-order valence-corrected chi connectivity index (χ0v) is 20.2. The Labute approximate surface area is 200 Å². The van der Waals surface area contributed by atoms with Crippen LogP contribution in [0.5, 0.6) is 11.5 Å². The minimum atomic E-state index is -0.252. The van der Waals surface area contributed by atoms with E-state index in [-0.39, 0.29) is 17.9 Å². The molecule has 1 aliphatic heterocycles. The lowest BCUT2D eigenvalue weighted by molar-refractivity contribution is 0.0647. The monoisotopic (exact) mass is 461 g/mol. The molecule has 1 fully saturated rings. The number of aryl methyl sites for hydroxylation is 1. The normalized spacial score (nSPS) is 17.8. The second-order valence-electron chi connectivity index (χ2n) is 8.80. The van der Waals surface area contributed by atoms with Crippen LogP contribution in [0.2, 0.25) is 0 Å². The van der Waals surface area contributed by atoms with E-state index in [0.717, 1.165) is 35.9 Å². The fourth-order valence-electron chi connectivity index (χ4n) is 4.37. The number of rotatable bonds is 7. The van der Waals surface area contributed by atoms with Gasteiger partial charge in [-0.15, -0.1) is 0 Å². The van der Waals surface area contributed by atoms with Crippen LogP contribution < -0.4 is 14.8 Å². The first-order valence-corrected chi connectivity index (χ1v) is 11.5. The Hall–Kier alpha value is -3.68. The van der Waals surface area contributed by atoms with Gasteiger partial charge in [-0.3, -0.25) is 9.78 Å². The van der Waals surface area contributed by atoms with Crippen LogP contribution in [0.15, 0.2) is 48.7 Å². The van der Waals surface area contributed by atoms with Crippen LogP contribution >= 0.6 is 0 Å². The van der Waals surface area contributed by atoms with Crippen molar-refractivity contribution in [1.82, 2.24) is 19.9 Å². The molecule has 0 radical (unpaired) electrons. The van der Waals surface area contributed by atoms with Crippen LogP contribution in [0, 0.1) is 6.92 Å². The highest BCUT2D eigenvalue weighted by atomic mass is 16.5. The Kier molecular flexibility index (Phi) is 6.95. The van der Waals surface area contributed by atoms with Crippen LogP contribution in [-0.4, -0.2) is 53.0 Å². The number of ether oxygens (including phenoxy) is 2. The van der Waals surface area contributed by atoms with Gasteiger partial charge in [-0.2, -0.15) is 0 Å². The highest BCUT2D eigenvalue weighted by molar-refractivity contribution is 5.95. The molecule has 1 N–H and O–H groups in total. The maximum atomic E-state index is 13.5. The Morgan fingerprint density at radius 1 is 1.18 bits per heavy atom. The van der Waals surface area contributed by atoms with Crippen molar-refractivity contribution in [2.24, 2.45) is 0 Å². The van der Waals surface area contributed by atoms with E-state index in [1.807, 2.05) is 43.1 Å². The molecule has 0 unspecified atom stereocenters. The highest BCUT2D eigenvalue weighted by Gasteiger charge is 2.36. The molecule has 1 amide bonds. The van der Waals surface area contributed by atoms with Crippen molar-refractivity contribution in [1.29, 1.82) is 0 Å². The van der Waals surface area contributed by atoms with Crippen molar-refractivity contribution in [3.05, 3.63) is 71.4 Å². The summed E-state index contributed by atoms with van der Waals surface area (Å²) in [6.07, 6.45) is 3.58. The van der Waals surface area contributed by atoms with E-state index in [1.54, 1.807) is 31.5 Å². The Morgan fingerprint density at radius 2 is 2.03 bits per heavy atom. The van der Waals surface area contributed by atoms with E-state index < -0.39 is 0 Å². The van der Waals surface area contributed by atoms with Gasteiger partial charge < -0.3 is 19.7 Å². The van der Waals surface area contributed by atoms with Crippen molar-refractivity contribution < 1.29 is 14.3 Å². The number of anilines is 1. The Balaban J connectivity index is 1.54. The molecule has 178 valence electrons. The molecule has 0 aliphatic carbocycles. The summed E-state index contributed by atoms with van der Waals surface area (Å²) in [6, 6.07) is 13.0. The van der Waals surface area contributed by atoms with Gasteiger partial charge in [-0.25, -0.2) is 9.97 Å². The summed E-state index contributed by atoms with van der Waals surface area (Å²) in [5.41, 5.74) is 2.07. The number of aromatic nitrogens is 3. The van der Waals surface area contributed by atoms with Gasteiger partial charge in [0.1, 0.15) is 18.2 Å². The van der Waals surface area contributed by atoms with Crippen LogP contribution in [0.4, 0.5) is 5.82 Å². The van der Waals surface area contributed by atoms with Gasteiger partial charge in [0, 0.05) is 43.4 Å². The molecular formula is C26H31N5O3. The number of piperidine rings is 1. The van der Waals surface area contributed by atoms with E-state index in [1.165, 1.54) is 0 Å². The van der Waals surface area contributed by atoms with Crippen molar-refractivity contribution >= 4 is 11.7 Å². The van der Waals surface area contributed by atoms with Gasteiger partial charge in [0.2, 0.25) is 0 Å². The minimum absolute atomic E-state index is 0.0316. The molecular weight excluding hydrogens is 430 g/mol. The third kappa shape index (κ3) is 5.11. The third-order valence-electron chi connectivity index (χ3n) is 6.21. The summed E-state index contributed by atoms with van der Waals surface area (Å²) in [5, 5.41) is 3.10. The number of hydrogen-bond acceptors (Lipinski definition) is 7. The summed E-state index contributed by atoms with van der Waals surface area (Å²) < 4.78 is 11.4. The number of methoxy groups -OCH3 is 1. The minimum Gasteiger partial charge on any atom is -0.493 e. The molecule has 1 aromatic carbocycles. The molecule has 8 heteroatoms. The Bertz CT molecular complexity index is 1150. The summed E-state index contributed by atoms with van der Waals surface area (Å²) in [5.74, 6) is 2.57. The number of likely N-dealkylation sites (tertiary alicyclic amines) is 1. The van der Waals surface area contributed by atoms with Crippen LogP contribution in [0.25, 0.3) is 0 Å². The van der Waals surface area contributed by atoms with Crippen molar-refractivity contribution in [3.8, 4) is 11.5 Å². The molecule has 0 bridgehead atoms. The van der Waals surface area contributed by atoms with Crippen molar-refractivity contribution in [2.45, 2.75) is 38.7 Å². The predicted octanol–water partition coefficient (Wildman–Crippen LogP) is 4.00. The smallest absolute Gasteiger partial charge is 0.254 e. The predicted molar refractivity (Wildman–Crippen MR) is 130 cm³/mol. The standard InChI is InChI=1S/C26H31N5O3/c1-18-29-23(15-24(27-3)30-18)26(2)11-7-13-31(17-26)25(32)19-9-10-21(33-4)22(14-19)34-16-20-8-5-6-12-28-20/h5-6,8-10,12,14-15H,7,11,13,16-17H2,1-4H3,(H,27,29,30)/t26-/m1/s1. The van der Waals surface area contributed by atoms with E-state index >= 15 is 0 Å². The second kappa shape index (κ2) is 10.1. The fourth-order valence-corrected chi connectivity index (χ4v) is 4.37. The van der Waals surface area contributed by atoms with E-state index in [4.69, 9.17) is 14.5 Å². The maximum absolute atomic E-state index is 13.5. The first-order valence-electron chi connectivity index (χ1n) is 11.5. The largest absolute Gasteiger partial charge is 0.493 e. The molecule has 0 spiro atoms. The Morgan fingerprint density at radius 3 is 2.76 bits per heavy atom. The molecule has 1 atom stereocenters. The van der Waals surface area contributed by atoms with E-state index in [2.05, 4.69) is 22.2 Å². The zero-order chi connectivity index (χ0) is 24.1. The number of pyridine rings is 1.